The van der Waals surface area contributed by atoms with Gasteiger partial charge in [0.15, 0.2) is 0 Å². The number of hydrogen-bond acceptors (Lipinski definition) is 4. The molecule has 18 heavy (non-hydrogen) atoms. The highest BCUT2D eigenvalue weighted by molar-refractivity contribution is 7.63. The molecule has 1 atom stereocenters. The largest absolute Gasteiger partial charge is 0.369 e. The molecule has 0 bridgehead atoms. The predicted octanol–water partition coefficient (Wildman–Crippen LogP) is 0.992. The fourth-order valence-electron chi connectivity index (χ4n) is 1.55. The summed E-state index contributed by atoms with van der Waals surface area (Å²) in [6.45, 7) is 0. The third-order valence-corrected chi connectivity index (χ3v) is 5.09. The van der Waals surface area contributed by atoms with Crippen molar-refractivity contribution in [2.45, 2.75) is 11.5 Å². The third kappa shape index (κ3) is 2.23. The molecule has 2 aromatic heterocycles. The lowest BCUT2D eigenvalue weighted by Crippen LogP contribution is -2.24. The lowest BCUT2D eigenvalue weighted by atomic mass is 10.3. The number of aromatic nitrogens is 2. The first-order valence-corrected chi connectivity index (χ1v) is 7.33. The fourth-order valence-corrected chi connectivity index (χ4v) is 2.57. The van der Waals surface area contributed by atoms with Crippen LogP contribution in [0.3, 0.4) is 0 Å². The van der Waals surface area contributed by atoms with Crippen LogP contribution in [0.15, 0.2) is 30.6 Å². The number of aliphatic hydroxyl groups is 1. The molecule has 0 fully saturated rings. The van der Waals surface area contributed by atoms with Crippen LogP contribution < -0.4 is 0 Å². The van der Waals surface area contributed by atoms with Gasteiger partial charge in [0.05, 0.1) is 0 Å². The van der Waals surface area contributed by atoms with Crippen molar-refractivity contribution in [1.29, 1.82) is 0 Å². The Morgan fingerprint density at radius 1 is 1.44 bits per heavy atom. The van der Waals surface area contributed by atoms with Gasteiger partial charge in [-0.25, -0.2) is 4.98 Å². The minimum absolute atomic E-state index is 0.361. The van der Waals surface area contributed by atoms with E-state index in [1.807, 2.05) is 0 Å². The molecule has 7 nitrogen and oxygen atoms in total. The minimum Gasteiger partial charge on any atom is -0.368 e. The van der Waals surface area contributed by atoms with Crippen LogP contribution in [0.4, 0.5) is 0 Å². The quantitative estimate of drug-likeness (QED) is 0.723. The number of hydrogen-bond donors (Lipinski definition) is 3. The smallest absolute Gasteiger partial charge is 0.368 e. The van der Waals surface area contributed by atoms with Gasteiger partial charge in [-0.1, -0.05) is 6.07 Å². The van der Waals surface area contributed by atoms with Gasteiger partial charge in [-0.2, -0.15) is 0 Å². The molecule has 3 N–H and O–H groups in total. The second kappa shape index (κ2) is 4.53. The minimum atomic E-state index is -4.92. The summed E-state index contributed by atoms with van der Waals surface area (Å²) in [7, 11) is -5.94. The van der Waals surface area contributed by atoms with Crippen LogP contribution in [0.25, 0.3) is 5.65 Å². The molecular weight excluding hydrogens is 278 g/mol. The molecule has 0 radical (unpaired) electrons. The van der Waals surface area contributed by atoms with Crippen molar-refractivity contribution in [3.05, 3.63) is 36.3 Å². The molecule has 0 saturated heterocycles. The summed E-state index contributed by atoms with van der Waals surface area (Å²) in [4.78, 5) is 22.1. The van der Waals surface area contributed by atoms with Gasteiger partial charge in [-0.3, -0.25) is 9.13 Å². The average Bonchev–Trinajstić information content (AvgIpc) is 2.71. The lowest BCUT2D eigenvalue weighted by molar-refractivity contribution is 0.166. The molecule has 0 aliphatic rings. The first-order chi connectivity index (χ1) is 8.37. The summed E-state index contributed by atoms with van der Waals surface area (Å²) in [6, 6.07) is 5.17. The molecule has 0 aromatic carbocycles. The molecule has 0 aliphatic carbocycles. The van der Waals surface area contributed by atoms with Crippen LogP contribution in [0.5, 0.6) is 0 Å². The fraction of sp³-hybridized carbons (Fsp3) is 0.222. The maximum Gasteiger partial charge on any atom is 0.369 e. The standard InChI is InChI=1S/C9H10N2O5P2/c12-9(17-13,18(14,15)16)5-7-6-10-8-3-1-2-4-11(7)8/h1-4,6,12H,5H2,(H2,14,15,16). The van der Waals surface area contributed by atoms with Gasteiger partial charge >= 0.3 is 7.60 Å². The molecule has 9 heteroatoms. The van der Waals surface area contributed by atoms with E-state index < -0.39 is 27.6 Å². The molecule has 2 rings (SSSR count). The lowest BCUT2D eigenvalue weighted by Gasteiger charge is -2.21. The Morgan fingerprint density at radius 2 is 2.17 bits per heavy atom. The zero-order valence-electron chi connectivity index (χ0n) is 9.04. The van der Waals surface area contributed by atoms with E-state index in [1.165, 1.54) is 6.20 Å². The molecule has 2 aromatic rings. The van der Waals surface area contributed by atoms with Crippen molar-refractivity contribution in [3.63, 3.8) is 0 Å². The van der Waals surface area contributed by atoms with Gasteiger partial charge in [-0.15, -0.1) is 0 Å². The van der Waals surface area contributed by atoms with Crippen LogP contribution in [0.2, 0.25) is 0 Å². The number of nitrogens with zero attached hydrogens (tertiary/aromatic N) is 2. The zero-order valence-corrected chi connectivity index (χ0v) is 10.8. The number of fused-ring (bicyclic) bond motifs is 1. The first kappa shape index (κ1) is 13.3. The van der Waals surface area contributed by atoms with Crippen molar-refractivity contribution < 1.29 is 24.0 Å². The summed E-state index contributed by atoms with van der Waals surface area (Å²) in [5.41, 5.74) is 0.933. The summed E-state index contributed by atoms with van der Waals surface area (Å²) >= 11 is 0. The van der Waals surface area contributed by atoms with Crippen LogP contribution in [-0.2, 0) is 15.6 Å². The molecule has 2 heterocycles. The molecule has 0 aliphatic heterocycles. The van der Waals surface area contributed by atoms with Crippen LogP contribution in [-0.4, -0.2) is 29.4 Å². The Hall–Kier alpha value is -1.10. The molecule has 0 saturated carbocycles. The molecule has 1 unspecified atom stereocenters. The third-order valence-electron chi connectivity index (χ3n) is 2.52. The summed E-state index contributed by atoms with van der Waals surface area (Å²) in [6.07, 6.45) is 2.55. The Balaban J connectivity index is 2.45. The first-order valence-electron chi connectivity index (χ1n) is 4.91. The topological polar surface area (TPSA) is 112 Å². The Labute approximate surface area is 103 Å². The maximum absolute atomic E-state index is 11.2. The van der Waals surface area contributed by atoms with E-state index in [0.717, 1.165) is 0 Å². The summed E-state index contributed by atoms with van der Waals surface area (Å²) in [5, 5.41) is 7.13. The van der Waals surface area contributed by atoms with Crippen LogP contribution in [0, 0.1) is 0 Å². The molecule has 0 amide bonds. The van der Waals surface area contributed by atoms with Crippen molar-refractivity contribution in [2.75, 3.05) is 0 Å². The van der Waals surface area contributed by atoms with Gasteiger partial charge in [0.1, 0.15) is 5.65 Å². The Bertz CT molecular complexity index is 637. The Morgan fingerprint density at radius 3 is 2.78 bits per heavy atom. The summed E-state index contributed by atoms with van der Waals surface area (Å²) < 4.78 is 23.6. The Kier molecular flexibility index (Phi) is 3.36. The van der Waals surface area contributed by atoms with Gasteiger partial charge in [0, 0.05) is 24.5 Å². The molecule has 0 spiro atoms. The number of pyridine rings is 1. The molecular formula is C9H10N2O5P2. The maximum atomic E-state index is 11.2. The van der Waals surface area contributed by atoms with Crippen molar-refractivity contribution in [1.82, 2.24) is 9.38 Å². The van der Waals surface area contributed by atoms with Crippen molar-refractivity contribution in [2.24, 2.45) is 0 Å². The van der Waals surface area contributed by atoms with Crippen molar-refractivity contribution in [3.8, 4) is 0 Å². The van der Waals surface area contributed by atoms with E-state index in [4.69, 9.17) is 9.79 Å². The van der Waals surface area contributed by atoms with E-state index in [0.29, 0.717) is 11.3 Å². The molecule has 96 valence electrons. The van der Waals surface area contributed by atoms with Crippen LogP contribution in [0.1, 0.15) is 5.69 Å². The monoisotopic (exact) mass is 288 g/mol. The van der Waals surface area contributed by atoms with E-state index in [1.54, 1.807) is 28.8 Å². The zero-order chi connectivity index (χ0) is 13.4. The van der Waals surface area contributed by atoms with Crippen molar-refractivity contribution >= 4 is 21.7 Å². The number of imidazole rings is 1. The highest BCUT2D eigenvalue weighted by Crippen LogP contribution is 2.56. The van der Waals surface area contributed by atoms with Gasteiger partial charge < -0.3 is 19.3 Å². The second-order valence-corrected chi connectivity index (χ2v) is 6.87. The van der Waals surface area contributed by atoms with E-state index in [2.05, 4.69) is 4.98 Å². The number of rotatable bonds is 4. The summed E-state index contributed by atoms with van der Waals surface area (Å²) in [5.74, 6) is 0. The van der Waals surface area contributed by atoms with Gasteiger partial charge in [0.25, 0.3) is 5.08 Å². The SMILES string of the molecule is O=PC(O)(Cc1cnc2ccccn12)P(=O)(O)O. The predicted molar refractivity (Wildman–Crippen MR) is 63.5 cm³/mol. The van der Waals surface area contributed by atoms with Gasteiger partial charge in [0.2, 0.25) is 8.46 Å². The highest BCUT2D eigenvalue weighted by atomic mass is 31.2. The normalized spacial score (nSPS) is 15.9. The highest BCUT2D eigenvalue weighted by Gasteiger charge is 2.47. The van der Waals surface area contributed by atoms with E-state index in [-0.39, 0.29) is 0 Å². The average molecular weight is 288 g/mol. The van der Waals surface area contributed by atoms with E-state index >= 15 is 0 Å². The van der Waals surface area contributed by atoms with E-state index in [9.17, 15) is 14.2 Å². The van der Waals surface area contributed by atoms with Gasteiger partial charge in [-0.05, 0) is 12.1 Å². The second-order valence-electron chi connectivity index (χ2n) is 3.76. The van der Waals surface area contributed by atoms with Crippen LogP contribution >= 0.6 is 16.1 Å².